The molecule has 2 amide bonds. The maximum Gasteiger partial charge on any atom is 0.267 e. The second kappa shape index (κ2) is 6.53. The Morgan fingerprint density at radius 2 is 1.79 bits per heavy atom. The Balaban J connectivity index is 1.65. The smallest absolute Gasteiger partial charge is 0.267 e. The lowest BCUT2D eigenvalue weighted by Crippen LogP contribution is -2.29. The molecule has 0 unspecified atom stereocenters. The summed E-state index contributed by atoms with van der Waals surface area (Å²) in [5.41, 5.74) is 3.38. The monoisotopic (exact) mass is 402 g/mol. The molecule has 29 heavy (non-hydrogen) atoms. The molecule has 1 aliphatic rings. The Morgan fingerprint density at radius 3 is 2.55 bits per heavy atom. The minimum absolute atomic E-state index is 0.282. The quantitative estimate of drug-likeness (QED) is 0.480. The topological polar surface area (TPSA) is 68.1 Å². The summed E-state index contributed by atoms with van der Waals surface area (Å²) in [6.07, 6.45) is 1.46. The van der Waals surface area contributed by atoms with Crippen molar-refractivity contribution in [3.05, 3.63) is 88.2 Å². The maximum absolute atomic E-state index is 13.2. The highest BCUT2D eigenvalue weighted by atomic mass is 35.5. The Labute approximate surface area is 171 Å². The first-order valence-corrected chi connectivity index (χ1v) is 9.47. The molecule has 1 aliphatic heterocycles. The van der Waals surface area contributed by atoms with Crippen molar-refractivity contribution in [2.24, 2.45) is 0 Å². The summed E-state index contributed by atoms with van der Waals surface area (Å²) in [6.45, 7) is 2.35. The maximum atomic E-state index is 13.2. The summed E-state index contributed by atoms with van der Waals surface area (Å²) in [5, 5.41) is 5.65. The van der Waals surface area contributed by atoms with E-state index < -0.39 is 5.91 Å². The second-order valence-electron chi connectivity index (χ2n) is 6.90. The second-order valence-corrected chi connectivity index (χ2v) is 7.34. The Hall–Kier alpha value is -3.51. The molecule has 0 saturated heterocycles. The molecule has 7 heteroatoms. The average molecular weight is 403 g/mol. The predicted molar refractivity (Wildman–Crippen MR) is 110 cm³/mol. The zero-order valence-corrected chi connectivity index (χ0v) is 16.2. The number of benzene rings is 2. The van der Waals surface area contributed by atoms with Crippen LogP contribution in [0.15, 0.2) is 60.8 Å². The van der Waals surface area contributed by atoms with Crippen LogP contribution in [0.5, 0.6) is 0 Å². The van der Waals surface area contributed by atoms with Crippen LogP contribution < -0.4 is 4.90 Å². The van der Waals surface area contributed by atoms with Crippen LogP contribution in [0, 0.1) is 6.92 Å². The number of anilines is 1. The van der Waals surface area contributed by atoms with Crippen LogP contribution in [0.4, 0.5) is 5.69 Å². The van der Waals surface area contributed by atoms with E-state index in [-0.39, 0.29) is 11.5 Å². The molecule has 5 rings (SSSR count). The third kappa shape index (κ3) is 2.72. The first kappa shape index (κ1) is 17.6. The fourth-order valence-corrected chi connectivity index (χ4v) is 3.93. The van der Waals surface area contributed by atoms with Gasteiger partial charge in [-0.25, -0.2) is 14.6 Å². The molecule has 0 spiro atoms. The third-order valence-electron chi connectivity index (χ3n) is 5.03. The zero-order valence-electron chi connectivity index (χ0n) is 15.5. The molecule has 6 nitrogen and oxygen atoms in total. The Bertz CT molecular complexity index is 1300. The molecule has 3 heterocycles. The van der Waals surface area contributed by atoms with Crippen molar-refractivity contribution in [3.63, 3.8) is 0 Å². The number of hydrogen-bond acceptors (Lipinski definition) is 4. The largest absolute Gasteiger partial charge is 0.268 e. The van der Waals surface area contributed by atoms with Crippen LogP contribution in [-0.4, -0.2) is 26.6 Å². The molecular weight excluding hydrogens is 388 g/mol. The van der Waals surface area contributed by atoms with Gasteiger partial charge in [-0.1, -0.05) is 48.0 Å². The van der Waals surface area contributed by atoms with Crippen LogP contribution in [-0.2, 0) is 6.54 Å². The Kier molecular flexibility index (Phi) is 3.96. The molecule has 0 N–H and O–H groups in total. The van der Waals surface area contributed by atoms with Crippen LogP contribution in [0.25, 0.3) is 11.0 Å². The Morgan fingerprint density at radius 1 is 1.00 bits per heavy atom. The van der Waals surface area contributed by atoms with Crippen molar-refractivity contribution in [2.75, 3.05) is 4.90 Å². The van der Waals surface area contributed by atoms with Gasteiger partial charge in [0.2, 0.25) is 0 Å². The van der Waals surface area contributed by atoms with E-state index in [0.717, 1.165) is 10.5 Å². The number of imide groups is 1. The number of carbonyl (C=O) groups excluding carboxylic acids is 2. The van der Waals surface area contributed by atoms with Crippen molar-refractivity contribution in [1.82, 2.24) is 14.8 Å². The number of aryl methyl sites for hydroxylation is 1. The van der Waals surface area contributed by atoms with Gasteiger partial charge in [0.1, 0.15) is 0 Å². The SMILES string of the molecule is Cc1nn(Cc2ccccc2)c2ncc3c(c12)C(=O)N(c1cccc(Cl)c1)C3=O. The number of halogens is 1. The fraction of sp³-hybridized carbons (Fsp3) is 0.0909. The van der Waals surface area contributed by atoms with Crippen LogP contribution in [0.2, 0.25) is 5.02 Å². The van der Waals surface area contributed by atoms with E-state index in [9.17, 15) is 9.59 Å². The van der Waals surface area contributed by atoms with E-state index in [4.69, 9.17) is 11.6 Å². The fourth-order valence-electron chi connectivity index (χ4n) is 3.74. The molecule has 0 fully saturated rings. The van der Waals surface area contributed by atoms with Gasteiger partial charge in [-0.15, -0.1) is 0 Å². The number of carbonyl (C=O) groups is 2. The molecule has 0 radical (unpaired) electrons. The van der Waals surface area contributed by atoms with E-state index in [1.54, 1.807) is 28.9 Å². The van der Waals surface area contributed by atoms with Gasteiger partial charge in [-0.05, 0) is 30.7 Å². The normalized spacial score (nSPS) is 13.4. The molecule has 0 atom stereocenters. The van der Waals surface area contributed by atoms with Gasteiger partial charge in [0.15, 0.2) is 5.65 Å². The van der Waals surface area contributed by atoms with Crippen LogP contribution >= 0.6 is 11.6 Å². The van der Waals surface area contributed by atoms with E-state index in [1.165, 1.54) is 6.20 Å². The van der Waals surface area contributed by atoms with E-state index in [1.807, 2.05) is 37.3 Å². The van der Waals surface area contributed by atoms with Gasteiger partial charge in [0, 0.05) is 11.2 Å². The molecule has 0 bridgehead atoms. The molecular formula is C22H15ClN4O2. The number of rotatable bonds is 3. The van der Waals surface area contributed by atoms with Crippen molar-refractivity contribution < 1.29 is 9.59 Å². The first-order chi connectivity index (χ1) is 14.0. The number of hydrogen-bond donors (Lipinski definition) is 0. The first-order valence-electron chi connectivity index (χ1n) is 9.09. The average Bonchev–Trinajstić information content (AvgIpc) is 3.16. The minimum Gasteiger partial charge on any atom is -0.268 e. The highest BCUT2D eigenvalue weighted by Gasteiger charge is 2.40. The lowest BCUT2D eigenvalue weighted by atomic mass is 10.1. The molecule has 4 aromatic rings. The summed E-state index contributed by atoms with van der Waals surface area (Å²) >= 11 is 6.06. The lowest BCUT2D eigenvalue weighted by molar-refractivity contribution is 0.0926. The zero-order chi connectivity index (χ0) is 20.1. The van der Waals surface area contributed by atoms with E-state index in [2.05, 4.69) is 10.1 Å². The number of fused-ring (bicyclic) bond motifs is 3. The molecule has 0 aliphatic carbocycles. The van der Waals surface area contributed by atoms with Gasteiger partial charge in [0.05, 0.1) is 34.4 Å². The lowest BCUT2D eigenvalue weighted by Gasteiger charge is -2.13. The summed E-state index contributed by atoms with van der Waals surface area (Å²) < 4.78 is 1.76. The standard InChI is InChI=1S/C22H15ClN4O2/c1-13-18-19-17(21(28)27(22(19)29)16-9-5-8-15(23)10-16)11-24-20(18)26(25-13)12-14-6-3-2-4-7-14/h2-11H,12H2,1H3. The minimum atomic E-state index is -0.406. The van der Waals surface area contributed by atoms with Crippen LogP contribution in [0.3, 0.4) is 0 Å². The summed E-state index contributed by atoms with van der Waals surface area (Å²) in [7, 11) is 0. The summed E-state index contributed by atoms with van der Waals surface area (Å²) in [6, 6.07) is 16.6. The van der Waals surface area contributed by atoms with E-state index in [0.29, 0.717) is 39.5 Å². The number of amides is 2. The van der Waals surface area contributed by atoms with Gasteiger partial charge >= 0.3 is 0 Å². The van der Waals surface area contributed by atoms with Crippen molar-refractivity contribution in [1.29, 1.82) is 0 Å². The van der Waals surface area contributed by atoms with E-state index >= 15 is 0 Å². The highest BCUT2D eigenvalue weighted by Crippen LogP contribution is 2.34. The molecule has 2 aromatic carbocycles. The van der Waals surface area contributed by atoms with Crippen molar-refractivity contribution in [3.8, 4) is 0 Å². The van der Waals surface area contributed by atoms with Crippen molar-refractivity contribution >= 4 is 40.1 Å². The molecule has 2 aromatic heterocycles. The predicted octanol–water partition coefficient (Wildman–Crippen LogP) is 4.24. The molecule has 0 saturated carbocycles. The highest BCUT2D eigenvalue weighted by molar-refractivity contribution is 6.38. The third-order valence-corrected chi connectivity index (χ3v) is 5.26. The molecule has 142 valence electrons. The summed E-state index contributed by atoms with van der Waals surface area (Å²) in [4.78, 5) is 31.8. The van der Waals surface area contributed by atoms with Gasteiger partial charge in [0.25, 0.3) is 11.8 Å². The van der Waals surface area contributed by atoms with Crippen LogP contribution in [0.1, 0.15) is 32.0 Å². The van der Waals surface area contributed by atoms with Gasteiger partial charge in [-0.2, -0.15) is 5.10 Å². The number of aromatic nitrogens is 3. The van der Waals surface area contributed by atoms with Crippen molar-refractivity contribution in [2.45, 2.75) is 13.5 Å². The summed E-state index contributed by atoms with van der Waals surface area (Å²) in [5.74, 6) is -0.793. The number of nitrogens with zero attached hydrogens (tertiary/aromatic N) is 4. The number of pyridine rings is 1. The van der Waals surface area contributed by atoms with Gasteiger partial charge < -0.3 is 0 Å². The van der Waals surface area contributed by atoms with Gasteiger partial charge in [-0.3, -0.25) is 9.59 Å².